The van der Waals surface area contributed by atoms with Gasteiger partial charge in [-0.2, -0.15) is 0 Å². The van der Waals surface area contributed by atoms with Crippen LogP contribution in [0.2, 0.25) is 0 Å². The molecule has 4 heteroatoms. The van der Waals surface area contributed by atoms with E-state index in [0.29, 0.717) is 23.9 Å². The molecule has 2 rings (SSSR count). The summed E-state index contributed by atoms with van der Waals surface area (Å²) in [6, 6.07) is 7.45. The lowest BCUT2D eigenvalue weighted by Gasteiger charge is -2.09. The summed E-state index contributed by atoms with van der Waals surface area (Å²) in [6.07, 6.45) is 11.7. The van der Waals surface area contributed by atoms with Crippen molar-refractivity contribution in [3.8, 4) is 0 Å². The minimum absolute atomic E-state index is 0.0518. The second-order valence-electron chi connectivity index (χ2n) is 7.58. The monoisotopic (exact) mass is 382 g/mol. The quantitative estimate of drug-likeness (QED) is 0.269. The second kappa shape index (κ2) is 12.4. The number of aromatic nitrogens is 2. The fraction of sp³-hybridized carbons (Fsp3) is 0.583. The number of nitrogens with zero attached hydrogens (tertiary/aromatic N) is 2. The van der Waals surface area contributed by atoms with Crippen LogP contribution in [0.25, 0.3) is 11.0 Å². The maximum absolute atomic E-state index is 12.8. The Hall–Kier alpha value is -2.10. The molecule has 0 saturated carbocycles. The molecule has 152 valence electrons. The summed E-state index contributed by atoms with van der Waals surface area (Å²) in [7, 11) is 0. The Balaban J connectivity index is 2.11. The average molecular weight is 383 g/mol. The molecule has 1 aromatic heterocycles. The number of benzene rings is 1. The normalized spacial score (nSPS) is 11.1. The van der Waals surface area contributed by atoms with Crippen LogP contribution in [0.5, 0.6) is 0 Å². The number of carbonyl (C=O) groups is 2. The zero-order valence-corrected chi connectivity index (χ0v) is 17.5. The van der Waals surface area contributed by atoms with Gasteiger partial charge in [0.2, 0.25) is 0 Å². The summed E-state index contributed by atoms with van der Waals surface area (Å²) in [6.45, 7) is 4.35. The van der Waals surface area contributed by atoms with Crippen molar-refractivity contribution < 1.29 is 9.59 Å². The van der Waals surface area contributed by atoms with E-state index in [2.05, 4.69) is 23.8 Å². The lowest BCUT2D eigenvalue weighted by atomic mass is 10.0. The Bertz CT molecular complexity index is 706. The van der Waals surface area contributed by atoms with Gasteiger partial charge in [0.15, 0.2) is 11.6 Å². The number of hydrogen-bond acceptors (Lipinski definition) is 4. The number of carbonyl (C=O) groups excluding carboxylic acids is 2. The number of hydrogen-bond donors (Lipinski definition) is 0. The van der Waals surface area contributed by atoms with Crippen molar-refractivity contribution in [2.24, 2.45) is 0 Å². The predicted molar refractivity (Wildman–Crippen MR) is 115 cm³/mol. The Labute approximate surface area is 169 Å². The van der Waals surface area contributed by atoms with Crippen LogP contribution in [0.1, 0.15) is 112 Å². The van der Waals surface area contributed by atoms with E-state index in [1.54, 1.807) is 0 Å². The van der Waals surface area contributed by atoms with Gasteiger partial charge in [0.25, 0.3) is 0 Å². The predicted octanol–water partition coefficient (Wildman–Crippen LogP) is 6.72. The highest BCUT2D eigenvalue weighted by Gasteiger charge is 2.21. The Morgan fingerprint density at radius 3 is 1.43 bits per heavy atom. The Morgan fingerprint density at radius 1 is 0.643 bits per heavy atom. The number of ketones is 2. The second-order valence-corrected chi connectivity index (χ2v) is 7.58. The molecule has 1 aromatic carbocycles. The minimum atomic E-state index is -0.0518. The van der Waals surface area contributed by atoms with Crippen LogP contribution in [0.4, 0.5) is 0 Å². The van der Waals surface area contributed by atoms with Crippen LogP contribution >= 0.6 is 0 Å². The molecule has 0 aliphatic rings. The van der Waals surface area contributed by atoms with E-state index in [1.165, 1.54) is 25.7 Å². The molecule has 4 nitrogen and oxygen atoms in total. The van der Waals surface area contributed by atoms with E-state index in [0.717, 1.165) is 38.5 Å². The smallest absolute Gasteiger partial charge is 0.183 e. The van der Waals surface area contributed by atoms with E-state index in [1.807, 2.05) is 24.3 Å². The van der Waals surface area contributed by atoms with Crippen molar-refractivity contribution in [3.63, 3.8) is 0 Å². The summed E-state index contributed by atoms with van der Waals surface area (Å²) in [4.78, 5) is 34.7. The summed E-state index contributed by atoms with van der Waals surface area (Å²) in [5, 5.41) is 0. The Morgan fingerprint density at radius 2 is 1.04 bits per heavy atom. The van der Waals surface area contributed by atoms with Crippen molar-refractivity contribution >= 4 is 22.6 Å². The van der Waals surface area contributed by atoms with Gasteiger partial charge in [0, 0.05) is 12.8 Å². The molecule has 0 aliphatic heterocycles. The molecule has 1 heterocycles. The number of Topliss-reactive ketones (excluding diaryl/α,β-unsaturated/α-hetero) is 2. The first-order valence-corrected chi connectivity index (χ1v) is 11.0. The van der Waals surface area contributed by atoms with Gasteiger partial charge in [0.05, 0.1) is 11.0 Å². The highest BCUT2D eigenvalue weighted by molar-refractivity contribution is 6.07. The van der Waals surface area contributed by atoms with E-state index in [9.17, 15) is 9.59 Å². The molecule has 0 fully saturated rings. The molecule has 2 aromatic rings. The van der Waals surface area contributed by atoms with Crippen LogP contribution in [0, 0.1) is 0 Å². The third-order valence-corrected chi connectivity index (χ3v) is 5.11. The van der Waals surface area contributed by atoms with Crippen molar-refractivity contribution in [3.05, 3.63) is 35.7 Å². The molecule has 0 radical (unpaired) electrons. The molecule has 0 N–H and O–H groups in total. The molecule has 0 aliphatic carbocycles. The average Bonchev–Trinajstić information content (AvgIpc) is 2.72. The van der Waals surface area contributed by atoms with Gasteiger partial charge in [-0.05, 0) is 25.0 Å². The number of para-hydroxylation sites is 2. The molecule has 0 spiro atoms. The SMILES string of the molecule is CCCCCCCC(=O)c1nc2ccccc2nc1C(=O)CCCCCCC. The summed E-state index contributed by atoms with van der Waals surface area (Å²) < 4.78 is 0. The first-order chi connectivity index (χ1) is 13.7. The number of rotatable bonds is 14. The van der Waals surface area contributed by atoms with Crippen molar-refractivity contribution in [1.82, 2.24) is 9.97 Å². The lowest BCUT2D eigenvalue weighted by Crippen LogP contribution is -2.14. The van der Waals surface area contributed by atoms with E-state index in [-0.39, 0.29) is 23.0 Å². The van der Waals surface area contributed by atoms with Crippen molar-refractivity contribution in [2.75, 3.05) is 0 Å². The van der Waals surface area contributed by atoms with Crippen LogP contribution in [0.15, 0.2) is 24.3 Å². The fourth-order valence-corrected chi connectivity index (χ4v) is 3.40. The molecule has 0 saturated heterocycles. The first-order valence-electron chi connectivity index (χ1n) is 11.0. The third kappa shape index (κ3) is 6.81. The largest absolute Gasteiger partial charge is 0.292 e. The maximum Gasteiger partial charge on any atom is 0.183 e. The molecule has 0 atom stereocenters. The first kappa shape index (κ1) is 22.2. The molecular formula is C24H34N2O2. The fourth-order valence-electron chi connectivity index (χ4n) is 3.40. The lowest BCUT2D eigenvalue weighted by molar-refractivity contribution is 0.0938. The highest BCUT2D eigenvalue weighted by Crippen LogP contribution is 2.19. The van der Waals surface area contributed by atoms with Gasteiger partial charge >= 0.3 is 0 Å². The zero-order valence-electron chi connectivity index (χ0n) is 17.5. The van der Waals surface area contributed by atoms with Crippen LogP contribution in [0.3, 0.4) is 0 Å². The van der Waals surface area contributed by atoms with Gasteiger partial charge in [-0.25, -0.2) is 9.97 Å². The summed E-state index contributed by atoms with van der Waals surface area (Å²) in [5.74, 6) is -0.104. The highest BCUT2D eigenvalue weighted by atomic mass is 16.1. The van der Waals surface area contributed by atoms with Gasteiger partial charge in [-0.3, -0.25) is 9.59 Å². The molecule has 0 unspecified atom stereocenters. The standard InChI is InChI=1S/C24H34N2O2/c1-3-5-7-9-11-17-21(27)23-24(22(28)18-12-10-8-6-4-2)26-20-16-14-13-15-19(20)25-23/h13-16H,3-12,17-18H2,1-2H3. The van der Waals surface area contributed by atoms with Crippen LogP contribution in [-0.2, 0) is 0 Å². The van der Waals surface area contributed by atoms with Crippen LogP contribution in [-0.4, -0.2) is 21.5 Å². The molecule has 28 heavy (non-hydrogen) atoms. The van der Waals surface area contributed by atoms with Gasteiger partial charge in [-0.1, -0.05) is 77.3 Å². The van der Waals surface area contributed by atoms with Crippen molar-refractivity contribution in [1.29, 1.82) is 0 Å². The molecule has 0 amide bonds. The van der Waals surface area contributed by atoms with E-state index >= 15 is 0 Å². The summed E-state index contributed by atoms with van der Waals surface area (Å²) >= 11 is 0. The zero-order chi connectivity index (χ0) is 20.2. The summed E-state index contributed by atoms with van der Waals surface area (Å²) in [5.41, 5.74) is 1.90. The van der Waals surface area contributed by atoms with Gasteiger partial charge < -0.3 is 0 Å². The number of unbranched alkanes of at least 4 members (excludes halogenated alkanes) is 8. The minimum Gasteiger partial charge on any atom is -0.292 e. The third-order valence-electron chi connectivity index (χ3n) is 5.11. The van der Waals surface area contributed by atoms with Gasteiger partial charge in [0.1, 0.15) is 11.4 Å². The maximum atomic E-state index is 12.8. The topological polar surface area (TPSA) is 59.9 Å². The van der Waals surface area contributed by atoms with E-state index in [4.69, 9.17) is 0 Å². The molecule has 0 bridgehead atoms. The van der Waals surface area contributed by atoms with Crippen molar-refractivity contribution in [2.45, 2.75) is 90.9 Å². The Kier molecular flexibility index (Phi) is 9.81. The van der Waals surface area contributed by atoms with Crippen LogP contribution < -0.4 is 0 Å². The number of fused-ring (bicyclic) bond motifs is 1. The van der Waals surface area contributed by atoms with Gasteiger partial charge in [-0.15, -0.1) is 0 Å². The molecular weight excluding hydrogens is 348 g/mol. The van der Waals surface area contributed by atoms with E-state index < -0.39 is 0 Å².